The summed E-state index contributed by atoms with van der Waals surface area (Å²) in [6.45, 7) is 19.3. The molecule has 1 aliphatic heterocycles. The van der Waals surface area contributed by atoms with Crippen LogP contribution in [0.5, 0.6) is 0 Å². The number of ether oxygens (including phenoxy) is 2. The van der Waals surface area contributed by atoms with Crippen molar-refractivity contribution in [2.75, 3.05) is 6.61 Å². The Labute approximate surface area is 219 Å². The molecule has 6 fully saturated rings. The first-order valence-electron chi connectivity index (χ1n) is 15.1. The van der Waals surface area contributed by atoms with Crippen LogP contribution in [0.3, 0.4) is 0 Å². The molecular formula is C32H51FO3. The van der Waals surface area contributed by atoms with Gasteiger partial charge >= 0.3 is 5.97 Å². The van der Waals surface area contributed by atoms with Gasteiger partial charge in [0.25, 0.3) is 0 Å². The van der Waals surface area contributed by atoms with Crippen molar-refractivity contribution in [3.8, 4) is 0 Å². The monoisotopic (exact) mass is 502 g/mol. The number of carbonyl (C=O) groups excluding carboxylic acids is 1. The average Bonchev–Trinajstić information content (AvgIpc) is 3.10. The fraction of sp³-hybridized carbons (Fsp3) is 0.969. The van der Waals surface area contributed by atoms with E-state index in [4.69, 9.17) is 9.47 Å². The summed E-state index contributed by atoms with van der Waals surface area (Å²) in [6, 6.07) is 0. The zero-order valence-electron chi connectivity index (χ0n) is 24.2. The van der Waals surface area contributed by atoms with Crippen molar-refractivity contribution in [1.29, 1.82) is 0 Å². The molecule has 6 aliphatic rings. The molecule has 5 aliphatic carbocycles. The third-order valence-electron chi connectivity index (χ3n) is 14.3. The van der Waals surface area contributed by atoms with Crippen LogP contribution in [0.1, 0.15) is 113 Å². The van der Waals surface area contributed by atoms with Crippen molar-refractivity contribution in [3.05, 3.63) is 0 Å². The van der Waals surface area contributed by atoms with Crippen LogP contribution in [-0.4, -0.2) is 31.0 Å². The molecule has 0 aromatic heterocycles. The molecule has 0 amide bonds. The number of halogens is 1. The maximum Gasteiger partial charge on any atom is 0.303 e. The van der Waals surface area contributed by atoms with E-state index in [1.807, 2.05) is 0 Å². The van der Waals surface area contributed by atoms with Crippen LogP contribution in [0.15, 0.2) is 0 Å². The minimum Gasteiger partial charge on any atom is -0.459 e. The standard InChI is InChI=1S/C32H51FO3/c1-19(34)36-25-21(33)17-29(6)22(28(25,4)5)11-12-31(8)23(29)10-9-20-24-26-27(2,3)13-15-32(24,18-35-26)16-14-30(20,31)7/h20-26H,9-18H2,1-8H3/t20-,21?,22+,23-,24?,25?,26?,29+,30-,31-,32-/m1/s1. The first kappa shape index (κ1) is 25.6. The van der Waals surface area contributed by atoms with Crippen molar-refractivity contribution in [1.82, 2.24) is 0 Å². The van der Waals surface area contributed by atoms with Gasteiger partial charge in [-0.05, 0) is 109 Å². The summed E-state index contributed by atoms with van der Waals surface area (Å²) >= 11 is 0. The van der Waals surface area contributed by atoms with Crippen molar-refractivity contribution in [3.63, 3.8) is 0 Å². The van der Waals surface area contributed by atoms with Crippen LogP contribution >= 0.6 is 0 Å². The normalized spacial score (nSPS) is 56.5. The Morgan fingerprint density at radius 1 is 0.861 bits per heavy atom. The third kappa shape index (κ3) is 2.98. The topological polar surface area (TPSA) is 35.5 Å². The molecule has 1 saturated heterocycles. The molecule has 11 atom stereocenters. The van der Waals surface area contributed by atoms with Gasteiger partial charge in [0.15, 0.2) is 0 Å². The van der Waals surface area contributed by atoms with Crippen molar-refractivity contribution >= 4 is 5.97 Å². The quantitative estimate of drug-likeness (QED) is 0.344. The van der Waals surface area contributed by atoms with E-state index in [9.17, 15) is 4.79 Å². The van der Waals surface area contributed by atoms with Gasteiger partial charge in [-0.2, -0.15) is 0 Å². The number of hydrogen-bond donors (Lipinski definition) is 0. The predicted molar refractivity (Wildman–Crippen MR) is 140 cm³/mol. The van der Waals surface area contributed by atoms with E-state index in [-0.39, 0.29) is 33.0 Å². The smallest absolute Gasteiger partial charge is 0.303 e. The van der Waals surface area contributed by atoms with Gasteiger partial charge in [-0.25, -0.2) is 4.39 Å². The largest absolute Gasteiger partial charge is 0.459 e. The van der Waals surface area contributed by atoms with Gasteiger partial charge in [-0.1, -0.05) is 48.5 Å². The van der Waals surface area contributed by atoms with Gasteiger partial charge in [-0.15, -0.1) is 0 Å². The molecule has 6 rings (SSSR count). The Bertz CT molecular complexity index is 944. The lowest BCUT2D eigenvalue weighted by Crippen LogP contribution is -2.69. The van der Waals surface area contributed by atoms with E-state index in [0.717, 1.165) is 13.0 Å². The van der Waals surface area contributed by atoms with Crippen LogP contribution in [0, 0.1) is 56.2 Å². The van der Waals surface area contributed by atoms with Crippen LogP contribution in [0.25, 0.3) is 0 Å². The van der Waals surface area contributed by atoms with Crippen LogP contribution in [-0.2, 0) is 14.3 Å². The minimum atomic E-state index is -1.09. The van der Waals surface area contributed by atoms with E-state index in [0.29, 0.717) is 41.6 Å². The first-order chi connectivity index (χ1) is 16.6. The second-order valence-electron chi connectivity index (χ2n) is 16.3. The zero-order valence-corrected chi connectivity index (χ0v) is 24.2. The van der Waals surface area contributed by atoms with Crippen LogP contribution < -0.4 is 0 Å². The number of alkyl halides is 1. The third-order valence-corrected chi connectivity index (χ3v) is 14.3. The summed E-state index contributed by atoms with van der Waals surface area (Å²) in [5.74, 6) is 1.95. The van der Waals surface area contributed by atoms with Gasteiger partial charge in [0.05, 0.1) is 12.7 Å². The Hall–Kier alpha value is -0.640. The molecule has 36 heavy (non-hydrogen) atoms. The van der Waals surface area contributed by atoms with E-state index >= 15 is 4.39 Å². The second-order valence-corrected chi connectivity index (χ2v) is 16.3. The molecule has 0 aromatic rings. The van der Waals surface area contributed by atoms with Gasteiger partial charge in [0, 0.05) is 12.3 Å². The maximum absolute atomic E-state index is 16.0. The number of fused-ring (bicyclic) bond motifs is 5. The Morgan fingerprint density at radius 3 is 2.25 bits per heavy atom. The van der Waals surface area contributed by atoms with Crippen molar-refractivity contribution < 1.29 is 18.7 Å². The molecule has 4 unspecified atom stereocenters. The van der Waals surface area contributed by atoms with E-state index in [1.165, 1.54) is 51.9 Å². The molecule has 1 heterocycles. The fourth-order valence-electron chi connectivity index (χ4n) is 12.4. The van der Waals surface area contributed by atoms with E-state index < -0.39 is 12.3 Å². The molecule has 0 radical (unpaired) electrons. The molecule has 4 heteroatoms. The molecular weight excluding hydrogens is 451 g/mol. The van der Waals surface area contributed by atoms with Crippen molar-refractivity contribution in [2.45, 2.75) is 132 Å². The number of carbonyl (C=O) groups is 1. The van der Waals surface area contributed by atoms with Crippen LogP contribution in [0.4, 0.5) is 4.39 Å². The summed E-state index contributed by atoms with van der Waals surface area (Å²) in [6.07, 6.45) is 9.28. The molecule has 3 nitrogen and oxygen atoms in total. The lowest BCUT2D eigenvalue weighted by molar-refractivity contribution is -0.263. The Kier molecular flexibility index (Phi) is 5.35. The van der Waals surface area contributed by atoms with E-state index in [1.54, 1.807) is 0 Å². The number of hydrogen-bond acceptors (Lipinski definition) is 3. The highest BCUT2D eigenvalue weighted by molar-refractivity contribution is 5.66. The zero-order chi connectivity index (χ0) is 26.1. The summed E-state index contributed by atoms with van der Waals surface area (Å²) < 4.78 is 28.3. The number of esters is 1. The molecule has 204 valence electrons. The van der Waals surface area contributed by atoms with Crippen molar-refractivity contribution in [2.24, 2.45) is 56.2 Å². The highest BCUT2D eigenvalue weighted by Gasteiger charge is 2.73. The molecule has 0 N–H and O–H groups in total. The maximum atomic E-state index is 16.0. The van der Waals surface area contributed by atoms with Gasteiger partial charge in [-0.3, -0.25) is 4.79 Å². The Morgan fingerprint density at radius 2 is 1.56 bits per heavy atom. The summed E-state index contributed by atoms with van der Waals surface area (Å²) in [7, 11) is 0. The summed E-state index contributed by atoms with van der Waals surface area (Å²) in [5, 5.41) is 0. The molecule has 0 aromatic carbocycles. The van der Waals surface area contributed by atoms with E-state index in [2.05, 4.69) is 48.5 Å². The summed E-state index contributed by atoms with van der Waals surface area (Å²) in [5.41, 5.74) is 0.757. The van der Waals surface area contributed by atoms with Gasteiger partial charge in [0.1, 0.15) is 12.3 Å². The molecule has 2 bridgehead atoms. The van der Waals surface area contributed by atoms with Crippen LogP contribution in [0.2, 0.25) is 0 Å². The van der Waals surface area contributed by atoms with Gasteiger partial charge in [0.2, 0.25) is 0 Å². The lowest BCUT2D eigenvalue weighted by atomic mass is 9.31. The number of rotatable bonds is 1. The lowest BCUT2D eigenvalue weighted by Gasteiger charge is -2.73. The van der Waals surface area contributed by atoms with Gasteiger partial charge < -0.3 is 9.47 Å². The highest BCUT2D eigenvalue weighted by Crippen LogP contribution is 2.78. The predicted octanol–water partition coefficient (Wildman–Crippen LogP) is 7.76. The average molecular weight is 503 g/mol. The second kappa shape index (κ2) is 7.51. The highest BCUT2D eigenvalue weighted by atomic mass is 19.1. The SMILES string of the molecule is CC(=O)OC1C(F)C[C@]2(C)[C@H]3CC[C@@H]4C5C6OC[C@@]5(CCC6(C)C)CC[C@@]4(C)[C@]3(C)CC[C@H]2C1(C)C. The molecule has 5 saturated carbocycles. The first-order valence-corrected chi connectivity index (χ1v) is 15.1. The molecule has 0 spiro atoms. The Balaban J connectivity index is 1.37. The summed E-state index contributed by atoms with van der Waals surface area (Å²) in [4.78, 5) is 11.9. The fourth-order valence-corrected chi connectivity index (χ4v) is 12.4. The minimum absolute atomic E-state index is 0.0585.